The highest BCUT2D eigenvalue weighted by Gasteiger charge is 2.22. The maximum Gasteiger partial charge on any atom is 0.266 e. The third-order valence-corrected chi connectivity index (χ3v) is 4.47. The molecule has 0 saturated heterocycles. The summed E-state index contributed by atoms with van der Waals surface area (Å²) in [5.41, 5.74) is 0.0960. The first kappa shape index (κ1) is 14.0. The van der Waals surface area contributed by atoms with E-state index in [1.54, 1.807) is 0 Å². The van der Waals surface area contributed by atoms with Crippen LogP contribution in [0.15, 0.2) is 44.3 Å². The molecule has 2 N–H and O–H groups in total. The average Bonchev–Trinajstić information content (AvgIpc) is 2.71. The van der Waals surface area contributed by atoms with Gasteiger partial charge in [-0.2, -0.15) is 0 Å². The van der Waals surface area contributed by atoms with Crippen LogP contribution in [0.1, 0.15) is 5.76 Å². The molecule has 1 heterocycles. The van der Waals surface area contributed by atoms with Crippen molar-refractivity contribution >= 4 is 31.6 Å². The van der Waals surface area contributed by atoms with Crippen LogP contribution in [0.4, 0.5) is 10.1 Å². The van der Waals surface area contributed by atoms with Crippen LogP contribution in [0.25, 0.3) is 0 Å². The van der Waals surface area contributed by atoms with Crippen molar-refractivity contribution in [1.29, 1.82) is 0 Å². The Labute approximate surface area is 117 Å². The molecule has 0 fully saturated rings. The summed E-state index contributed by atoms with van der Waals surface area (Å²) in [5, 5.41) is 8.89. The Morgan fingerprint density at radius 3 is 2.68 bits per heavy atom. The lowest BCUT2D eigenvalue weighted by Gasteiger charge is -2.06. The van der Waals surface area contributed by atoms with E-state index in [-0.39, 0.29) is 21.0 Å². The predicted molar refractivity (Wildman–Crippen MR) is 69.5 cm³/mol. The molecule has 1 aromatic heterocycles. The van der Waals surface area contributed by atoms with Crippen molar-refractivity contribution in [3.63, 3.8) is 0 Å². The van der Waals surface area contributed by atoms with Crippen LogP contribution in [-0.4, -0.2) is 13.5 Å². The number of furan rings is 1. The van der Waals surface area contributed by atoms with Crippen LogP contribution >= 0.6 is 15.9 Å². The molecular formula is C11H9BrFNO4S. The predicted octanol–water partition coefficient (Wildman–Crippen LogP) is 2.47. The van der Waals surface area contributed by atoms with Gasteiger partial charge in [-0.05, 0) is 34.1 Å². The number of aliphatic hydroxyl groups excluding tert-OH is 1. The second kappa shape index (κ2) is 5.32. The van der Waals surface area contributed by atoms with E-state index in [2.05, 4.69) is 20.7 Å². The molecule has 0 unspecified atom stereocenters. The molecule has 0 aliphatic rings. The van der Waals surface area contributed by atoms with Gasteiger partial charge in [0.05, 0.1) is 5.69 Å². The lowest BCUT2D eigenvalue weighted by atomic mass is 10.3. The van der Waals surface area contributed by atoms with E-state index in [1.165, 1.54) is 24.3 Å². The number of anilines is 1. The Bertz CT molecular complexity index is 698. The van der Waals surface area contributed by atoms with E-state index >= 15 is 0 Å². The van der Waals surface area contributed by atoms with Crippen LogP contribution in [0.5, 0.6) is 0 Å². The zero-order chi connectivity index (χ0) is 14.0. The van der Waals surface area contributed by atoms with Crippen molar-refractivity contribution in [1.82, 2.24) is 0 Å². The van der Waals surface area contributed by atoms with E-state index in [9.17, 15) is 12.8 Å². The lowest BCUT2D eigenvalue weighted by Crippen LogP contribution is -2.12. The molecule has 0 bridgehead atoms. The van der Waals surface area contributed by atoms with Crippen LogP contribution in [-0.2, 0) is 16.6 Å². The lowest BCUT2D eigenvalue weighted by molar-refractivity contribution is 0.245. The minimum absolute atomic E-state index is 0.0274. The Morgan fingerprint density at radius 1 is 1.37 bits per heavy atom. The van der Waals surface area contributed by atoms with Crippen LogP contribution in [0.2, 0.25) is 0 Å². The quantitative estimate of drug-likeness (QED) is 0.888. The van der Waals surface area contributed by atoms with Crippen molar-refractivity contribution in [2.24, 2.45) is 0 Å². The van der Waals surface area contributed by atoms with Gasteiger partial charge in [0.15, 0.2) is 4.67 Å². The Kier molecular flexibility index (Phi) is 3.93. The first-order chi connectivity index (χ1) is 8.92. The summed E-state index contributed by atoms with van der Waals surface area (Å²) < 4.78 is 44.3. The first-order valence-corrected chi connectivity index (χ1v) is 7.37. The van der Waals surface area contributed by atoms with Gasteiger partial charge in [-0.3, -0.25) is 4.72 Å². The van der Waals surface area contributed by atoms with Crippen LogP contribution < -0.4 is 4.72 Å². The number of sulfonamides is 1. The number of hydrogen-bond acceptors (Lipinski definition) is 4. The fourth-order valence-corrected chi connectivity index (χ4v) is 3.47. The van der Waals surface area contributed by atoms with Gasteiger partial charge in [0.25, 0.3) is 10.0 Å². The minimum atomic E-state index is -3.92. The monoisotopic (exact) mass is 349 g/mol. The number of hydrogen-bond donors (Lipinski definition) is 2. The van der Waals surface area contributed by atoms with Gasteiger partial charge >= 0.3 is 0 Å². The van der Waals surface area contributed by atoms with Gasteiger partial charge in [-0.15, -0.1) is 0 Å². The maximum absolute atomic E-state index is 13.0. The second-order valence-corrected chi connectivity index (χ2v) is 6.00. The molecule has 2 rings (SSSR count). The summed E-state index contributed by atoms with van der Waals surface area (Å²) >= 11 is 2.95. The minimum Gasteiger partial charge on any atom is -0.450 e. The molecule has 0 radical (unpaired) electrons. The maximum atomic E-state index is 13.0. The molecule has 8 heteroatoms. The summed E-state index contributed by atoms with van der Waals surface area (Å²) in [4.78, 5) is -0.166. The highest BCUT2D eigenvalue weighted by atomic mass is 79.9. The molecule has 0 aliphatic heterocycles. The summed E-state index contributed by atoms with van der Waals surface area (Å²) in [7, 11) is -3.92. The standard InChI is InChI=1S/C11H9BrFNO4S/c12-11-10(5-9(6-15)18-11)19(16,17)14-8-3-1-2-7(13)4-8/h1-5,14-15H,6H2. The SMILES string of the molecule is O=S(=O)(Nc1cccc(F)c1)c1cc(CO)oc1Br. The molecule has 2 aromatic rings. The zero-order valence-corrected chi connectivity index (χ0v) is 11.8. The molecule has 1 aromatic carbocycles. The zero-order valence-electron chi connectivity index (χ0n) is 9.43. The van der Waals surface area contributed by atoms with Crippen molar-refractivity contribution in [2.45, 2.75) is 11.5 Å². The van der Waals surface area contributed by atoms with Gasteiger partial charge in [-0.1, -0.05) is 6.07 Å². The Balaban J connectivity index is 2.34. The highest BCUT2D eigenvalue weighted by Crippen LogP contribution is 2.28. The number of aliphatic hydroxyl groups is 1. The fourth-order valence-electron chi connectivity index (χ4n) is 1.42. The summed E-state index contributed by atoms with van der Waals surface area (Å²) in [5.74, 6) is -0.450. The molecule has 5 nitrogen and oxygen atoms in total. The van der Waals surface area contributed by atoms with Crippen LogP contribution in [0, 0.1) is 5.82 Å². The average molecular weight is 350 g/mol. The first-order valence-electron chi connectivity index (χ1n) is 5.10. The van der Waals surface area contributed by atoms with Gasteiger partial charge < -0.3 is 9.52 Å². The van der Waals surface area contributed by atoms with Gasteiger partial charge in [-0.25, -0.2) is 12.8 Å². The number of nitrogens with one attached hydrogen (secondary N) is 1. The van der Waals surface area contributed by atoms with Crippen molar-refractivity contribution < 1.29 is 22.3 Å². The number of halogens is 2. The normalized spacial score (nSPS) is 11.5. The second-order valence-electron chi connectivity index (χ2n) is 3.62. The molecule has 0 aliphatic carbocycles. The van der Waals surface area contributed by atoms with Crippen molar-refractivity contribution in [2.75, 3.05) is 4.72 Å². The fraction of sp³-hybridized carbons (Fsp3) is 0.0909. The molecule has 0 atom stereocenters. The van der Waals surface area contributed by atoms with E-state index < -0.39 is 22.4 Å². The third kappa shape index (κ3) is 3.14. The highest BCUT2D eigenvalue weighted by molar-refractivity contribution is 9.10. The Morgan fingerprint density at radius 2 is 2.11 bits per heavy atom. The number of benzene rings is 1. The molecule has 0 amide bonds. The molecular weight excluding hydrogens is 341 g/mol. The number of rotatable bonds is 4. The van der Waals surface area contributed by atoms with Crippen molar-refractivity contribution in [3.8, 4) is 0 Å². The van der Waals surface area contributed by atoms with Gasteiger partial charge in [0.2, 0.25) is 0 Å². The van der Waals surface area contributed by atoms with E-state index in [4.69, 9.17) is 9.52 Å². The van der Waals surface area contributed by atoms with E-state index in [0.29, 0.717) is 0 Å². The molecule has 19 heavy (non-hydrogen) atoms. The third-order valence-electron chi connectivity index (χ3n) is 2.23. The van der Waals surface area contributed by atoms with E-state index in [1.807, 2.05) is 0 Å². The smallest absolute Gasteiger partial charge is 0.266 e. The van der Waals surface area contributed by atoms with E-state index in [0.717, 1.165) is 6.07 Å². The largest absolute Gasteiger partial charge is 0.450 e. The summed E-state index contributed by atoms with van der Waals surface area (Å²) in [6.45, 7) is -0.423. The molecule has 0 spiro atoms. The summed E-state index contributed by atoms with van der Waals surface area (Å²) in [6.07, 6.45) is 0. The van der Waals surface area contributed by atoms with Gasteiger partial charge in [0.1, 0.15) is 23.1 Å². The van der Waals surface area contributed by atoms with Gasteiger partial charge in [0, 0.05) is 6.07 Å². The Hall–Kier alpha value is -1.38. The van der Waals surface area contributed by atoms with Crippen LogP contribution in [0.3, 0.4) is 0 Å². The topological polar surface area (TPSA) is 79.5 Å². The molecule has 102 valence electrons. The van der Waals surface area contributed by atoms with Crippen molar-refractivity contribution in [3.05, 3.63) is 46.6 Å². The summed E-state index contributed by atoms with van der Waals surface area (Å²) in [6, 6.07) is 6.25. The molecule has 0 saturated carbocycles.